The van der Waals surface area contributed by atoms with Gasteiger partial charge in [0.1, 0.15) is 6.54 Å². The molecule has 0 spiro atoms. The average molecular weight is 370 g/mol. The van der Waals surface area contributed by atoms with Crippen LogP contribution in [0.4, 0.5) is 0 Å². The van der Waals surface area contributed by atoms with Crippen molar-refractivity contribution in [2.45, 2.75) is 46.2 Å². The zero-order valence-electron chi connectivity index (χ0n) is 14.8. The number of rotatable bonds is 5. The van der Waals surface area contributed by atoms with E-state index in [2.05, 4.69) is 25.3 Å². The average Bonchev–Trinajstić information content (AvgIpc) is 3.12. The Morgan fingerprint density at radius 2 is 2.17 bits per heavy atom. The normalized spacial score (nSPS) is 12.5. The third kappa shape index (κ3) is 5.21. The van der Waals surface area contributed by atoms with Crippen LogP contribution in [-0.2, 0) is 18.5 Å². The minimum atomic E-state index is -0.158. The Labute approximate surface area is 151 Å². The number of halogens is 1. The van der Waals surface area contributed by atoms with Gasteiger partial charge in [-0.3, -0.25) is 0 Å². The van der Waals surface area contributed by atoms with Crippen LogP contribution in [0.2, 0.25) is 4.34 Å². The van der Waals surface area contributed by atoms with Gasteiger partial charge in [-0.25, -0.2) is 4.99 Å². The molecule has 24 heavy (non-hydrogen) atoms. The predicted octanol–water partition coefficient (Wildman–Crippen LogP) is 3.68. The molecule has 0 unspecified atom stereocenters. The van der Waals surface area contributed by atoms with Gasteiger partial charge in [-0.05, 0) is 19.1 Å². The van der Waals surface area contributed by atoms with Crippen LogP contribution in [0.3, 0.4) is 0 Å². The van der Waals surface area contributed by atoms with Gasteiger partial charge in [-0.15, -0.1) is 11.3 Å². The number of nitrogens with zero attached hydrogens (tertiary/aromatic N) is 4. The molecule has 0 bridgehead atoms. The zero-order valence-corrected chi connectivity index (χ0v) is 16.3. The molecule has 1 N–H and O–H groups in total. The summed E-state index contributed by atoms with van der Waals surface area (Å²) in [5, 5.41) is 7.28. The van der Waals surface area contributed by atoms with E-state index in [4.69, 9.17) is 16.1 Å². The van der Waals surface area contributed by atoms with Gasteiger partial charge in [0, 0.05) is 23.9 Å². The van der Waals surface area contributed by atoms with Crippen molar-refractivity contribution in [3.63, 3.8) is 0 Å². The van der Waals surface area contributed by atoms with Gasteiger partial charge >= 0.3 is 0 Å². The lowest BCUT2D eigenvalue weighted by atomic mass is 9.97. The lowest BCUT2D eigenvalue weighted by Gasteiger charge is -2.21. The molecule has 0 amide bonds. The fourth-order valence-electron chi connectivity index (χ4n) is 1.98. The van der Waals surface area contributed by atoms with Crippen LogP contribution in [0.1, 0.15) is 44.3 Å². The van der Waals surface area contributed by atoms with E-state index in [1.165, 1.54) is 4.88 Å². The molecule has 0 radical (unpaired) electrons. The van der Waals surface area contributed by atoms with Gasteiger partial charge in [0.25, 0.3) is 0 Å². The second kappa shape index (κ2) is 7.98. The fourth-order valence-corrected chi connectivity index (χ4v) is 3.12. The largest absolute Gasteiger partial charge is 0.357 e. The van der Waals surface area contributed by atoms with E-state index in [1.807, 2.05) is 46.9 Å². The molecule has 0 saturated carbocycles. The highest BCUT2D eigenvalue weighted by Crippen LogP contribution is 2.22. The summed E-state index contributed by atoms with van der Waals surface area (Å²) < 4.78 is 6.10. The topological polar surface area (TPSA) is 66.5 Å². The molecule has 0 aliphatic rings. The van der Waals surface area contributed by atoms with Crippen molar-refractivity contribution in [2.24, 2.45) is 4.99 Å². The van der Waals surface area contributed by atoms with Crippen LogP contribution in [-0.4, -0.2) is 34.6 Å². The Balaban J connectivity index is 2.05. The van der Waals surface area contributed by atoms with Gasteiger partial charge in [0.2, 0.25) is 5.89 Å². The van der Waals surface area contributed by atoms with E-state index in [1.54, 1.807) is 11.3 Å². The molecule has 2 heterocycles. The van der Waals surface area contributed by atoms with Crippen molar-refractivity contribution in [3.05, 3.63) is 33.1 Å². The van der Waals surface area contributed by atoms with Crippen LogP contribution < -0.4 is 5.32 Å². The van der Waals surface area contributed by atoms with E-state index in [0.29, 0.717) is 18.3 Å². The summed E-state index contributed by atoms with van der Waals surface area (Å²) in [6.07, 6.45) is 0. The van der Waals surface area contributed by atoms with Crippen LogP contribution in [0.25, 0.3) is 0 Å². The molecule has 2 rings (SSSR count). The summed E-state index contributed by atoms with van der Waals surface area (Å²) in [6, 6.07) is 3.94. The highest BCUT2D eigenvalue weighted by atomic mass is 35.5. The van der Waals surface area contributed by atoms with Crippen LogP contribution in [0.5, 0.6) is 0 Å². The van der Waals surface area contributed by atoms with Crippen molar-refractivity contribution in [3.8, 4) is 0 Å². The first-order valence-electron chi connectivity index (χ1n) is 7.86. The van der Waals surface area contributed by atoms with Gasteiger partial charge < -0.3 is 14.7 Å². The first-order valence-corrected chi connectivity index (χ1v) is 9.05. The number of hydrogen-bond donors (Lipinski definition) is 1. The Morgan fingerprint density at radius 3 is 2.71 bits per heavy atom. The number of thiophene rings is 1. The smallest absolute Gasteiger partial charge is 0.232 e. The second-order valence-corrected chi connectivity index (χ2v) is 8.30. The summed E-state index contributed by atoms with van der Waals surface area (Å²) in [6.45, 7) is 10.1. The first-order chi connectivity index (χ1) is 11.3. The maximum Gasteiger partial charge on any atom is 0.232 e. The summed E-state index contributed by atoms with van der Waals surface area (Å²) in [4.78, 5) is 12.2. The van der Waals surface area contributed by atoms with Gasteiger partial charge in [0.15, 0.2) is 11.8 Å². The lowest BCUT2D eigenvalue weighted by molar-refractivity contribution is 0.318. The molecule has 2 aromatic rings. The van der Waals surface area contributed by atoms with Crippen LogP contribution >= 0.6 is 22.9 Å². The van der Waals surface area contributed by atoms with E-state index in [9.17, 15) is 0 Å². The minimum Gasteiger partial charge on any atom is -0.357 e. The highest BCUT2D eigenvalue weighted by molar-refractivity contribution is 7.16. The van der Waals surface area contributed by atoms with Crippen molar-refractivity contribution < 1.29 is 4.52 Å². The highest BCUT2D eigenvalue weighted by Gasteiger charge is 2.21. The second-order valence-electron chi connectivity index (χ2n) is 6.50. The number of hydrogen-bond acceptors (Lipinski definition) is 5. The quantitative estimate of drug-likeness (QED) is 0.643. The molecule has 0 aliphatic carbocycles. The van der Waals surface area contributed by atoms with E-state index in [-0.39, 0.29) is 5.41 Å². The molecule has 0 aromatic carbocycles. The van der Waals surface area contributed by atoms with Crippen molar-refractivity contribution in [1.29, 1.82) is 0 Å². The molecular weight excluding hydrogens is 346 g/mol. The maximum atomic E-state index is 5.99. The zero-order chi connectivity index (χ0) is 17.7. The molecule has 0 atom stereocenters. The summed E-state index contributed by atoms with van der Waals surface area (Å²) in [7, 11) is 1.99. The monoisotopic (exact) mass is 369 g/mol. The summed E-state index contributed by atoms with van der Waals surface area (Å²) >= 11 is 7.57. The van der Waals surface area contributed by atoms with Crippen LogP contribution in [0.15, 0.2) is 21.6 Å². The molecule has 2 aromatic heterocycles. The van der Waals surface area contributed by atoms with E-state index >= 15 is 0 Å². The van der Waals surface area contributed by atoms with Crippen molar-refractivity contribution in [1.82, 2.24) is 20.4 Å². The molecule has 132 valence electrons. The third-order valence-corrected chi connectivity index (χ3v) is 4.41. The first kappa shape index (κ1) is 18.7. The number of guanidine groups is 1. The standard InChI is InChI=1S/C16H24ClN5OS/c1-6-18-15(22(5)10-11-7-8-12(17)24-11)19-9-13-20-14(23-21-13)16(2,3)4/h7-8H,6,9-10H2,1-5H3,(H,18,19). The third-order valence-electron chi connectivity index (χ3n) is 3.20. The Bertz CT molecular complexity index is 689. The number of nitrogens with one attached hydrogen (secondary N) is 1. The molecule has 6 nitrogen and oxygen atoms in total. The molecule has 8 heteroatoms. The van der Waals surface area contributed by atoms with Gasteiger partial charge in [-0.2, -0.15) is 4.98 Å². The summed E-state index contributed by atoms with van der Waals surface area (Å²) in [5.41, 5.74) is -0.158. The molecule has 0 aliphatic heterocycles. The Kier molecular flexibility index (Phi) is 6.23. The fraction of sp³-hybridized carbons (Fsp3) is 0.562. The minimum absolute atomic E-state index is 0.158. The van der Waals surface area contributed by atoms with Crippen molar-refractivity contribution in [2.75, 3.05) is 13.6 Å². The van der Waals surface area contributed by atoms with Crippen LogP contribution in [0, 0.1) is 0 Å². The Hall–Kier alpha value is -1.60. The van der Waals surface area contributed by atoms with Crippen molar-refractivity contribution >= 4 is 28.9 Å². The van der Waals surface area contributed by atoms with Gasteiger partial charge in [-0.1, -0.05) is 37.5 Å². The lowest BCUT2D eigenvalue weighted by Crippen LogP contribution is -2.38. The SMILES string of the molecule is CCNC(=NCc1noc(C(C)(C)C)n1)N(C)Cc1ccc(Cl)s1. The number of aromatic nitrogens is 2. The Morgan fingerprint density at radius 1 is 1.42 bits per heavy atom. The molecular formula is C16H24ClN5OS. The van der Waals surface area contributed by atoms with E-state index in [0.717, 1.165) is 23.4 Å². The van der Waals surface area contributed by atoms with E-state index < -0.39 is 0 Å². The number of aliphatic imine (C=N–C) groups is 1. The van der Waals surface area contributed by atoms with Gasteiger partial charge in [0.05, 0.1) is 10.9 Å². The predicted molar refractivity (Wildman–Crippen MR) is 98.6 cm³/mol. The molecule has 0 fully saturated rings. The maximum absolute atomic E-state index is 5.99. The molecule has 0 saturated heterocycles. The summed E-state index contributed by atoms with van der Waals surface area (Å²) in [5.74, 6) is 2.01.